The van der Waals surface area contributed by atoms with Crippen LogP contribution in [0.5, 0.6) is 0 Å². The molecule has 1 aromatic carbocycles. The molecule has 0 aromatic heterocycles. The van der Waals surface area contributed by atoms with Crippen molar-refractivity contribution in [3.63, 3.8) is 0 Å². The third-order valence-corrected chi connectivity index (χ3v) is 3.78. The first kappa shape index (κ1) is 14.9. The van der Waals surface area contributed by atoms with E-state index in [1.807, 2.05) is 0 Å². The molecular formula is C15H22N2O3. The second kappa shape index (κ2) is 7.36. The summed E-state index contributed by atoms with van der Waals surface area (Å²) in [4.78, 5) is 10.2. The van der Waals surface area contributed by atoms with Crippen LogP contribution in [-0.4, -0.2) is 23.7 Å². The number of non-ortho nitro benzene ring substituents is 1. The summed E-state index contributed by atoms with van der Waals surface area (Å²) in [6, 6.07) is 6.73. The minimum absolute atomic E-state index is 0.0852. The minimum Gasteiger partial charge on any atom is -0.378 e. The Bertz CT molecular complexity index is 427. The van der Waals surface area contributed by atoms with E-state index < -0.39 is 0 Å². The predicted molar refractivity (Wildman–Crippen MR) is 77.6 cm³/mol. The molecule has 0 aliphatic carbocycles. The standard InChI is InChI=1S/C15H22N2O3/c16-13(6-9-15-3-1-2-10-20-15)11-12-4-7-14(8-5-12)17(18)19/h4-5,7-8,13,15H,1-3,6,9-11,16H2. The van der Waals surface area contributed by atoms with E-state index in [4.69, 9.17) is 10.5 Å². The van der Waals surface area contributed by atoms with E-state index in [1.165, 1.54) is 25.0 Å². The molecule has 2 rings (SSSR count). The smallest absolute Gasteiger partial charge is 0.269 e. The number of hydrogen-bond acceptors (Lipinski definition) is 4. The second-order valence-electron chi connectivity index (χ2n) is 5.45. The summed E-state index contributed by atoms with van der Waals surface area (Å²) in [5.41, 5.74) is 7.30. The first-order valence-electron chi connectivity index (χ1n) is 7.25. The number of rotatable bonds is 6. The van der Waals surface area contributed by atoms with Gasteiger partial charge in [-0.3, -0.25) is 10.1 Å². The molecule has 0 radical (unpaired) electrons. The van der Waals surface area contributed by atoms with Crippen LogP contribution >= 0.6 is 0 Å². The van der Waals surface area contributed by atoms with E-state index >= 15 is 0 Å². The Morgan fingerprint density at radius 1 is 1.35 bits per heavy atom. The normalized spacial score (nSPS) is 20.6. The van der Waals surface area contributed by atoms with Gasteiger partial charge in [0.2, 0.25) is 0 Å². The molecule has 1 fully saturated rings. The van der Waals surface area contributed by atoms with Crippen LogP contribution < -0.4 is 5.73 Å². The van der Waals surface area contributed by atoms with Crippen LogP contribution in [0.25, 0.3) is 0 Å². The Kier molecular flexibility index (Phi) is 5.49. The molecule has 2 atom stereocenters. The molecule has 5 heteroatoms. The third-order valence-electron chi connectivity index (χ3n) is 3.78. The SMILES string of the molecule is NC(CCC1CCCCO1)Cc1ccc([N+](=O)[O-])cc1. The van der Waals surface area contributed by atoms with Crippen LogP contribution in [0.3, 0.4) is 0 Å². The lowest BCUT2D eigenvalue weighted by molar-refractivity contribution is -0.384. The van der Waals surface area contributed by atoms with E-state index in [0.29, 0.717) is 6.10 Å². The topological polar surface area (TPSA) is 78.4 Å². The number of benzene rings is 1. The van der Waals surface area contributed by atoms with Crippen molar-refractivity contribution >= 4 is 5.69 Å². The Morgan fingerprint density at radius 3 is 2.70 bits per heavy atom. The summed E-state index contributed by atoms with van der Waals surface area (Å²) in [6.07, 6.45) is 6.63. The van der Waals surface area contributed by atoms with Gasteiger partial charge in [-0.15, -0.1) is 0 Å². The van der Waals surface area contributed by atoms with Crippen LogP contribution in [0.15, 0.2) is 24.3 Å². The zero-order valence-corrected chi connectivity index (χ0v) is 11.7. The van der Waals surface area contributed by atoms with Crippen molar-refractivity contribution in [2.24, 2.45) is 5.73 Å². The average molecular weight is 278 g/mol. The molecule has 2 unspecified atom stereocenters. The number of nitro benzene ring substituents is 1. The maximum atomic E-state index is 10.6. The van der Waals surface area contributed by atoms with Crippen LogP contribution in [0.4, 0.5) is 5.69 Å². The van der Waals surface area contributed by atoms with Crippen LogP contribution in [0.1, 0.15) is 37.7 Å². The number of hydrogen-bond donors (Lipinski definition) is 1. The van der Waals surface area contributed by atoms with Gasteiger partial charge in [0.05, 0.1) is 11.0 Å². The minimum atomic E-state index is -0.385. The van der Waals surface area contributed by atoms with E-state index in [9.17, 15) is 10.1 Å². The lowest BCUT2D eigenvalue weighted by atomic mass is 9.98. The summed E-state index contributed by atoms with van der Waals surface area (Å²) >= 11 is 0. The van der Waals surface area contributed by atoms with E-state index in [1.54, 1.807) is 12.1 Å². The van der Waals surface area contributed by atoms with Gasteiger partial charge in [0, 0.05) is 24.8 Å². The molecule has 0 saturated carbocycles. The van der Waals surface area contributed by atoms with Gasteiger partial charge >= 0.3 is 0 Å². The predicted octanol–water partition coefficient (Wildman–Crippen LogP) is 2.81. The Morgan fingerprint density at radius 2 is 2.10 bits per heavy atom. The zero-order chi connectivity index (χ0) is 14.4. The highest BCUT2D eigenvalue weighted by Crippen LogP contribution is 2.19. The molecular weight excluding hydrogens is 256 g/mol. The lowest BCUT2D eigenvalue weighted by Gasteiger charge is -2.23. The highest BCUT2D eigenvalue weighted by molar-refractivity contribution is 5.33. The van der Waals surface area contributed by atoms with Crippen molar-refractivity contribution in [2.45, 2.75) is 50.7 Å². The third kappa shape index (κ3) is 4.58. The van der Waals surface area contributed by atoms with Crippen LogP contribution in [0, 0.1) is 10.1 Å². The Labute approximate surface area is 119 Å². The summed E-state index contributed by atoms with van der Waals surface area (Å²) < 4.78 is 5.69. The molecule has 0 bridgehead atoms. The molecule has 1 saturated heterocycles. The van der Waals surface area contributed by atoms with Gasteiger partial charge in [-0.2, -0.15) is 0 Å². The molecule has 110 valence electrons. The van der Waals surface area contributed by atoms with Crippen LogP contribution in [0.2, 0.25) is 0 Å². The van der Waals surface area contributed by atoms with Crippen molar-refractivity contribution in [1.82, 2.24) is 0 Å². The van der Waals surface area contributed by atoms with Gasteiger partial charge < -0.3 is 10.5 Å². The summed E-state index contributed by atoms with van der Waals surface area (Å²) in [5.74, 6) is 0. The highest BCUT2D eigenvalue weighted by atomic mass is 16.6. The van der Waals surface area contributed by atoms with Gasteiger partial charge in [-0.1, -0.05) is 12.1 Å². The number of nitro groups is 1. The molecule has 0 spiro atoms. The molecule has 5 nitrogen and oxygen atoms in total. The highest BCUT2D eigenvalue weighted by Gasteiger charge is 2.15. The maximum Gasteiger partial charge on any atom is 0.269 e. The maximum absolute atomic E-state index is 10.6. The Hall–Kier alpha value is -1.46. The summed E-state index contributed by atoms with van der Waals surface area (Å²) in [5, 5.41) is 10.6. The molecule has 1 aliphatic rings. The van der Waals surface area contributed by atoms with Gasteiger partial charge in [0.1, 0.15) is 0 Å². The van der Waals surface area contributed by atoms with Crippen molar-refractivity contribution in [1.29, 1.82) is 0 Å². The summed E-state index contributed by atoms with van der Waals surface area (Å²) in [7, 11) is 0. The van der Waals surface area contributed by atoms with Crippen molar-refractivity contribution in [2.75, 3.05) is 6.61 Å². The van der Waals surface area contributed by atoms with Crippen molar-refractivity contribution in [3.05, 3.63) is 39.9 Å². The Balaban J connectivity index is 1.75. The molecule has 1 heterocycles. The zero-order valence-electron chi connectivity index (χ0n) is 11.7. The first-order chi connectivity index (χ1) is 9.65. The van der Waals surface area contributed by atoms with Crippen molar-refractivity contribution in [3.8, 4) is 0 Å². The van der Waals surface area contributed by atoms with Gasteiger partial charge in [-0.25, -0.2) is 0 Å². The fourth-order valence-corrected chi connectivity index (χ4v) is 2.59. The van der Waals surface area contributed by atoms with Gasteiger partial charge in [-0.05, 0) is 44.1 Å². The number of nitrogens with two attached hydrogens (primary N) is 1. The molecule has 0 amide bonds. The quantitative estimate of drug-likeness (QED) is 0.641. The fourth-order valence-electron chi connectivity index (χ4n) is 2.59. The monoisotopic (exact) mass is 278 g/mol. The fraction of sp³-hybridized carbons (Fsp3) is 0.600. The van der Waals surface area contributed by atoms with Gasteiger partial charge in [0.25, 0.3) is 5.69 Å². The summed E-state index contributed by atoms with van der Waals surface area (Å²) in [6.45, 7) is 0.877. The first-order valence-corrected chi connectivity index (χ1v) is 7.25. The number of nitrogens with zero attached hydrogens (tertiary/aromatic N) is 1. The molecule has 1 aliphatic heterocycles. The number of ether oxygens (including phenoxy) is 1. The average Bonchev–Trinajstić information content (AvgIpc) is 2.47. The van der Waals surface area contributed by atoms with E-state index in [0.717, 1.165) is 37.9 Å². The van der Waals surface area contributed by atoms with Crippen molar-refractivity contribution < 1.29 is 9.66 Å². The van der Waals surface area contributed by atoms with E-state index in [2.05, 4.69) is 0 Å². The lowest BCUT2D eigenvalue weighted by Crippen LogP contribution is -2.27. The van der Waals surface area contributed by atoms with Crippen LogP contribution in [-0.2, 0) is 11.2 Å². The molecule has 1 aromatic rings. The van der Waals surface area contributed by atoms with Gasteiger partial charge in [0.15, 0.2) is 0 Å². The molecule has 20 heavy (non-hydrogen) atoms. The second-order valence-corrected chi connectivity index (χ2v) is 5.45. The molecule has 2 N–H and O–H groups in total. The van der Waals surface area contributed by atoms with E-state index in [-0.39, 0.29) is 16.7 Å². The largest absolute Gasteiger partial charge is 0.378 e.